The van der Waals surface area contributed by atoms with E-state index in [1.54, 1.807) is 22.4 Å². The predicted octanol–water partition coefficient (Wildman–Crippen LogP) is 6.87. The highest BCUT2D eigenvalue weighted by Crippen LogP contribution is 2.60. The van der Waals surface area contributed by atoms with Crippen LogP contribution in [0.25, 0.3) is 11.0 Å². The second-order valence-corrected chi connectivity index (χ2v) is 10.1. The number of hydrogen-bond acceptors (Lipinski definition) is 3. The quantitative estimate of drug-likeness (QED) is 0.402. The number of fused-ring (bicyclic) bond motifs is 1. The Labute approximate surface area is 185 Å². The van der Waals surface area contributed by atoms with E-state index in [9.17, 15) is 4.79 Å². The topological polar surface area (TPSA) is 34.9 Å². The number of para-hydroxylation sites is 2. The van der Waals surface area contributed by atoms with E-state index in [0.717, 1.165) is 21.9 Å². The summed E-state index contributed by atoms with van der Waals surface area (Å²) in [6, 6.07) is 16.2. The lowest BCUT2D eigenvalue weighted by molar-refractivity contribution is 0.0862. The molecule has 1 aromatic heterocycles. The lowest BCUT2D eigenvalue weighted by Gasteiger charge is -2.09. The molecule has 0 spiro atoms. The number of halogens is 2. The van der Waals surface area contributed by atoms with Crippen LogP contribution in [0.15, 0.2) is 64.3 Å². The van der Waals surface area contributed by atoms with Crippen molar-refractivity contribution in [3.05, 3.63) is 70.2 Å². The zero-order chi connectivity index (χ0) is 20.8. The van der Waals surface area contributed by atoms with Gasteiger partial charge in [-0.1, -0.05) is 90.8 Å². The molecular formula is C23H22Cl2N2OS. The molecule has 0 aliphatic heterocycles. The van der Waals surface area contributed by atoms with Crippen LogP contribution in [-0.2, 0) is 5.75 Å². The highest BCUT2D eigenvalue weighted by atomic mass is 35.5. The molecule has 1 aliphatic rings. The smallest absolute Gasteiger partial charge is 0.237 e. The number of carbonyl (C=O) groups excluding carboxylic acids is 1. The number of allylic oxidation sites excluding steroid dienone is 1. The summed E-state index contributed by atoms with van der Waals surface area (Å²) in [5, 5.41) is 0.721. The van der Waals surface area contributed by atoms with Crippen molar-refractivity contribution in [1.29, 1.82) is 0 Å². The molecule has 1 aliphatic carbocycles. The summed E-state index contributed by atoms with van der Waals surface area (Å²) in [6.07, 6.45) is 1.78. The summed E-state index contributed by atoms with van der Waals surface area (Å²) in [5.41, 5.74) is 3.91. The summed E-state index contributed by atoms with van der Waals surface area (Å²) in [4.78, 5) is 18.3. The van der Waals surface area contributed by atoms with Gasteiger partial charge in [-0.05, 0) is 42.0 Å². The molecule has 0 unspecified atom stereocenters. The van der Waals surface area contributed by atoms with E-state index in [1.165, 1.54) is 11.1 Å². The van der Waals surface area contributed by atoms with Crippen LogP contribution >= 0.6 is 35.0 Å². The standard InChI is InChI=1S/C23H22Cl2N2OS/c1-14-8-10-15(11-9-14)13-29-22-26-17-6-4-5-7-18(17)27(22)21(28)20-16(12-19(24)25)23(20,2)3/h4-12,16,20H,13H2,1-3H3/t16-,20-/m1/s1. The van der Waals surface area contributed by atoms with Crippen molar-refractivity contribution in [3.63, 3.8) is 0 Å². The van der Waals surface area contributed by atoms with Crippen molar-refractivity contribution < 1.29 is 4.79 Å². The number of nitrogens with zero attached hydrogens (tertiary/aromatic N) is 2. The maximum atomic E-state index is 13.6. The SMILES string of the molecule is Cc1ccc(CSc2nc3ccccc3n2C(=O)[C@H]2[C@@H](C=C(Cl)Cl)C2(C)C)cc1. The minimum absolute atomic E-state index is 0.0242. The molecule has 29 heavy (non-hydrogen) atoms. The molecular weight excluding hydrogens is 423 g/mol. The number of benzene rings is 2. The van der Waals surface area contributed by atoms with Crippen LogP contribution in [0.3, 0.4) is 0 Å². The van der Waals surface area contributed by atoms with E-state index < -0.39 is 0 Å². The molecule has 2 atom stereocenters. The zero-order valence-electron chi connectivity index (χ0n) is 16.5. The van der Waals surface area contributed by atoms with Gasteiger partial charge in [0.1, 0.15) is 4.49 Å². The average molecular weight is 445 g/mol. The van der Waals surface area contributed by atoms with E-state index in [1.807, 2.05) is 24.3 Å². The number of carbonyl (C=O) groups is 1. The molecule has 1 saturated carbocycles. The van der Waals surface area contributed by atoms with Crippen LogP contribution in [0.2, 0.25) is 0 Å². The molecule has 1 fully saturated rings. The molecule has 6 heteroatoms. The Balaban J connectivity index is 1.68. The van der Waals surface area contributed by atoms with E-state index in [4.69, 9.17) is 28.2 Å². The second-order valence-electron chi connectivity index (χ2n) is 8.11. The average Bonchev–Trinajstić information content (AvgIpc) is 3.03. The summed E-state index contributed by atoms with van der Waals surface area (Å²) in [6.45, 7) is 6.22. The van der Waals surface area contributed by atoms with Gasteiger partial charge in [-0.15, -0.1) is 0 Å². The lowest BCUT2D eigenvalue weighted by atomic mass is 10.1. The fourth-order valence-electron chi connectivity index (χ4n) is 3.88. The van der Waals surface area contributed by atoms with Crippen molar-refractivity contribution in [2.24, 2.45) is 17.3 Å². The number of hydrogen-bond donors (Lipinski definition) is 0. The molecule has 0 amide bonds. The van der Waals surface area contributed by atoms with E-state index in [2.05, 4.69) is 45.0 Å². The first-order valence-corrected chi connectivity index (χ1v) is 11.3. The highest BCUT2D eigenvalue weighted by Gasteiger charge is 2.61. The predicted molar refractivity (Wildman–Crippen MR) is 122 cm³/mol. The first-order valence-electron chi connectivity index (χ1n) is 9.52. The molecule has 3 nitrogen and oxygen atoms in total. The third-order valence-electron chi connectivity index (χ3n) is 5.72. The maximum absolute atomic E-state index is 13.6. The van der Waals surface area contributed by atoms with Gasteiger partial charge in [-0.3, -0.25) is 9.36 Å². The molecule has 3 aromatic rings. The third-order valence-corrected chi connectivity index (χ3v) is 6.98. The van der Waals surface area contributed by atoms with Gasteiger partial charge in [-0.2, -0.15) is 0 Å². The Morgan fingerprint density at radius 3 is 2.55 bits per heavy atom. The fourth-order valence-corrected chi connectivity index (χ4v) is 5.12. The molecule has 0 saturated heterocycles. The van der Waals surface area contributed by atoms with Crippen molar-refractivity contribution in [1.82, 2.24) is 9.55 Å². The Morgan fingerprint density at radius 2 is 1.86 bits per heavy atom. The van der Waals surface area contributed by atoms with Gasteiger partial charge in [0.2, 0.25) is 5.91 Å². The maximum Gasteiger partial charge on any atom is 0.237 e. The van der Waals surface area contributed by atoms with Gasteiger partial charge in [0.25, 0.3) is 0 Å². The van der Waals surface area contributed by atoms with Crippen molar-refractivity contribution in [3.8, 4) is 0 Å². The molecule has 0 radical (unpaired) electrons. The normalized spacial score (nSPS) is 19.9. The summed E-state index contributed by atoms with van der Waals surface area (Å²) in [5.74, 6) is 0.648. The zero-order valence-corrected chi connectivity index (χ0v) is 18.9. The molecule has 0 N–H and O–H groups in total. The first kappa shape index (κ1) is 20.5. The monoisotopic (exact) mass is 444 g/mol. The van der Waals surface area contributed by atoms with Crippen LogP contribution in [0.4, 0.5) is 0 Å². The Hall–Kier alpha value is -1.75. The Kier molecular flexibility index (Phi) is 5.54. The summed E-state index contributed by atoms with van der Waals surface area (Å²) >= 11 is 13.3. The number of aromatic nitrogens is 2. The molecule has 150 valence electrons. The fraction of sp³-hybridized carbons (Fsp3) is 0.304. The number of imidazole rings is 1. The minimum Gasteiger partial charge on any atom is -0.274 e. The van der Waals surface area contributed by atoms with Crippen molar-refractivity contribution in [2.75, 3.05) is 0 Å². The summed E-state index contributed by atoms with van der Waals surface area (Å²) < 4.78 is 1.99. The molecule has 4 rings (SSSR count). The van der Waals surface area contributed by atoms with Crippen LogP contribution in [0, 0.1) is 24.2 Å². The van der Waals surface area contributed by atoms with Crippen LogP contribution < -0.4 is 0 Å². The molecule has 0 bridgehead atoms. The second kappa shape index (κ2) is 7.82. The Bertz CT molecular complexity index is 1100. The summed E-state index contributed by atoms with van der Waals surface area (Å²) in [7, 11) is 0. The van der Waals surface area contributed by atoms with Gasteiger partial charge in [0, 0.05) is 5.75 Å². The van der Waals surface area contributed by atoms with Gasteiger partial charge >= 0.3 is 0 Å². The molecule has 2 aromatic carbocycles. The number of aryl methyl sites for hydroxylation is 1. The van der Waals surface area contributed by atoms with Crippen molar-refractivity contribution in [2.45, 2.75) is 31.7 Å². The van der Waals surface area contributed by atoms with Crippen LogP contribution in [0.5, 0.6) is 0 Å². The third kappa shape index (κ3) is 3.98. The van der Waals surface area contributed by atoms with Gasteiger partial charge < -0.3 is 0 Å². The van der Waals surface area contributed by atoms with Crippen LogP contribution in [-0.4, -0.2) is 15.5 Å². The van der Waals surface area contributed by atoms with Gasteiger partial charge in [-0.25, -0.2) is 4.98 Å². The molecule has 1 heterocycles. The van der Waals surface area contributed by atoms with E-state index in [0.29, 0.717) is 0 Å². The highest BCUT2D eigenvalue weighted by molar-refractivity contribution is 7.98. The Morgan fingerprint density at radius 1 is 1.17 bits per heavy atom. The number of rotatable bonds is 5. The van der Waals surface area contributed by atoms with E-state index >= 15 is 0 Å². The van der Waals surface area contributed by atoms with Crippen LogP contribution in [0.1, 0.15) is 29.8 Å². The van der Waals surface area contributed by atoms with E-state index in [-0.39, 0.29) is 27.6 Å². The largest absolute Gasteiger partial charge is 0.274 e. The van der Waals surface area contributed by atoms with Gasteiger partial charge in [0.15, 0.2) is 5.16 Å². The minimum atomic E-state index is -0.184. The first-order chi connectivity index (χ1) is 13.8. The number of thioether (sulfide) groups is 1. The van der Waals surface area contributed by atoms with Gasteiger partial charge in [0.05, 0.1) is 17.0 Å². The lowest BCUT2D eigenvalue weighted by Crippen LogP contribution is -2.17. The van der Waals surface area contributed by atoms with Crippen molar-refractivity contribution >= 4 is 51.9 Å².